The van der Waals surface area contributed by atoms with Crippen LogP contribution < -0.4 is 9.64 Å². The molecule has 0 bridgehead atoms. The molecule has 0 aliphatic carbocycles. The van der Waals surface area contributed by atoms with E-state index in [2.05, 4.69) is 16.9 Å². The summed E-state index contributed by atoms with van der Waals surface area (Å²) in [4.78, 5) is 17.2. The molecular weight excluding hydrogens is 466 g/mol. The van der Waals surface area contributed by atoms with E-state index in [1.165, 1.54) is 4.31 Å². The summed E-state index contributed by atoms with van der Waals surface area (Å²) in [6.45, 7) is 11.8. The Bertz CT molecular complexity index is 1080. The minimum absolute atomic E-state index is 0.130. The zero-order chi connectivity index (χ0) is 25.4. The molecule has 1 aromatic carbocycles. The number of sulfonamides is 1. The zero-order valence-electron chi connectivity index (χ0n) is 21.4. The van der Waals surface area contributed by atoms with Gasteiger partial charge in [0, 0.05) is 52.0 Å². The molecule has 3 rings (SSSR count). The quantitative estimate of drug-likeness (QED) is 0.439. The van der Waals surface area contributed by atoms with Gasteiger partial charge in [-0.15, -0.1) is 0 Å². The fraction of sp³-hybridized carbons (Fsp3) is 0.600. The fourth-order valence-electron chi connectivity index (χ4n) is 4.29. The SMILES string of the molecule is CCCCN(CC)C(=O)c1cn(CCC)nc1S(=O)(=O)N1CCN(c2ccccc2OCC)CC1. The van der Waals surface area contributed by atoms with Gasteiger partial charge in [0.15, 0.2) is 0 Å². The third-order valence-electron chi connectivity index (χ3n) is 6.19. The predicted octanol–water partition coefficient (Wildman–Crippen LogP) is 3.46. The Morgan fingerprint density at radius 1 is 1.06 bits per heavy atom. The summed E-state index contributed by atoms with van der Waals surface area (Å²) < 4.78 is 36.2. The number of piperazine rings is 1. The molecule has 0 radical (unpaired) electrons. The molecule has 194 valence electrons. The highest BCUT2D eigenvalue weighted by Gasteiger charge is 2.36. The first kappa shape index (κ1) is 27.0. The number of ether oxygens (including phenoxy) is 1. The summed E-state index contributed by atoms with van der Waals surface area (Å²) in [6.07, 6.45) is 4.22. The lowest BCUT2D eigenvalue weighted by molar-refractivity contribution is 0.0758. The van der Waals surface area contributed by atoms with E-state index in [1.807, 2.05) is 45.0 Å². The summed E-state index contributed by atoms with van der Waals surface area (Å²) in [5, 5.41) is 4.26. The topological polar surface area (TPSA) is 88.0 Å². The number of para-hydroxylation sites is 2. The third kappa shape index (κ3) is 6.16. The number of rotatable bonds is 12. The molecule has 0 N–H and O–H groups in total. The van der Waals surface area contributed by atoms with Gasteiger partial charge in [-0.05, 0) is 38.8 Å². The van der Waals surface area contributed by atoms with Crippen molar-refractivity contribution in [3.63, 3.8) is 0 Å². The van der Waals surface area contributed by atoms with Crippen molar-refractivity contribution in [2.75, 3.05) is 50.8 Å². The van der Waals surface area contributed by atoms with E-state index in [-0.39, 0.29) is 16.5 Å². The highest BCUT2D eigenvalue weighted by Crippen LogP contribution is 2.30. The molecule has 2 heterocycles. The molecule has 1 fully saturated rings. The van der Waals surface area contributed by atoms with Gasteiger partial charge in [0.1, 0.15) is 5.75 Å². The first-order valence-corrected chi connectivity index (χ1v) is 14.1. The van der Waals surface area contributed by atoms with Gasteiger partial charge < -0.3 is 14.5 Å². The molecule has 9 nitrogen and oxygen atoms in total. The largest absolute Gasteiger partial charge is 0.492 e. The lowest BCUT2D eigenvalue weighted by atomic mass is 10.2. The zero-order valence-corrected chi connectivity index (χ0v) is 22.3. The normalized spacial score (nSPS) is 14.8. The second kappa shape index (κ2) is 12.4. The van der Waals surface area contributed by atoms with Crippen molar-refractivity contribution in [1.29, 1.82) is 0 Å². The van der Waals surface area contributed by atoms with Crippen LogP contribution in [0.25, 0.3) is 0 Å². The molecule has 1 aromatic heterocycles. The molecule has 10 heteroatoms. The Balaban J connectivity index is 1.84. The van der Waals surface area contributed by atoms with Crippen LogP contribution in [0.3, 0.4) is 0 Å². The number of hydrogen-bond acceptors (Lipinski definition) is 6. The molecule has 0 saturated carbocycles. The van der Waals surface area contributed by atoms with E-state index in [9.17, 15) is 13.2 Å². The molecule has 1 saturated heterocycles. The number of amides is 1. The van der Waals surface area contributed by atoms with Crippen LogP contribution in [-0.2, 0) is 16.6 Å². The number of hydrogen-bond donors (Lipinski definition) is 0. The van der Waals surface area contributed by atoms with E-state index in [4.69, 9.17) is 4.74 Å². The van der Waals surface area contributed by atoms with Crippen LogP contribution in [0.2, 0.25) is 0 Å². The Hall–Kier alpha value is -2.59. The maximum Gasteiger partial charge on any atom is 0.263 e. The maximum atomic E-state index is 13.7. The summed E-state index contributed by atoms with van der Waals surface area (Å²) in [7, 11) is -3.93. The number of benzene rings is 1. The molecule has 0 spiro atoms. The predicted molar refractivity (Wildman–Crippen MR) is 138 cm³/mol. The highest BCUT2D eigenvalue weighted by atomic mass is 32.2. The van der Waals surface area contributed by atoms with Gasteiger partial charge in [-0.2, -0.15) is 9.40 Å². The molecule has 35 heavy (non-hydrogen) atoms. The first-order valence-electron chi connectivity index (χ1n) is 12.7. The van der Waals surface area contributed by atoms with Crippen LogP contribution >= 0.6 is 0 Å². The van der Waals surface area contributed by atoms with E-state index >= 15 is 0 Å². The number of aromatic nitrogens is 2. The summed E-state index contributed by atoms with van der Waals surface area (Å²) in [5.41, 5.74) is 1.13. The fourth-order valence-corrected chi connectivity index (χ4v) is 5.81. The van der Waals surface area contributed by atoms with Gasteiger partial charge >= 0.3 is 0 Å². The van der Waals surface area contributed by atoms with E-state index in [0.29, 0.717) is 52.4 Å². The monoisotopic (exact) mass is 505 g/mol. The van der Waals surface area contributed by atoms with Crippen molar-refractivity contribution in [3.8, 4) is 5.75 Å². The van der Waals surface area contributed by atoms with Crippen molar-refractivity contribution < 1.29 is 17.9 Å². The van der Waals surface area contributed by atoms with E-state index in [1.54, 1.807) is 15.8 Å². The third-order valence-corrected chi connectivity index (χ3v) is 8.03. The summed E-state index contributed by atoms with van der Waals surface area (Å²) >= 11 is 0. The van der Waals surface area contributed by atoms with Crippen molar-refractivity contribution >= 4 is 21.6 Å². The number of unbranched alkanes of at least 4 members (excludes halogenated alkanes) is 1. The average Bonchev–Trinajstić information content (AvgIpc) is 3.30. The van der Waals surface area contributed by atoms with Crippen LogP contribution in [0.4, 0.5) is 5.69 Å². The Morgan fingerprint density at radius 3 is 2.40 bits per heavy atom. The molecule has 1 aliphatic heterocycles. The highest BCUT2D eigenvalue weighted by molar-refractivity contribution is 7.89. The number of nitrogens with zero attached hydrogens (tertiary/aromatic N) is 5. The van der Waals surface area contributed by atoms with Crippen molar-refractivity contribution in [2.45, 2.75) is 58.5 Å². The van der Waals surface area contributed by atoms with Crippen LogP contribution in [0.1, 0.15) is 57.3 Å². The van der Waals surface area contributed by atoms with Crippen molar-refractivity contribution in [3.05, 3.63) is 36.0 Å². The first-order chi connectivity index (χ1) is 16.9. The number of aryl methyl sites for hydroxylation is 1. The molecule has 1 amide bonds. The van der Waals surface area contributed by atoms with Crippen LogP contribution in [0, 0.1) is 0 Å². The maximum absolute atomic E-state index is 13.7. The Morgan fingerprint density at radius 2 is 1.77 bits per heavy atom. The van der Waals surface area contributed by atoms with Crippen LogP contribution in [0.5, 0.6) is 5.75 Å². The van der Waals surface area contributed by atoms with Crippen LogP contribution in [0.15, 0.2) is 35.5 Å². The summed E-state index contributed by atoms with van der Waals surface area (Å²) in [5.74, 6) is 0.524. The molecular formula is C25H39N5O4S. The lowest BCUT2D eigenvalue weighted by Gasteiger charge is -2.35. The standard InChI is InChI=1S/C25H39N5O4S/c1-5-9-15-27(7-3)25(31)21-20-29(14-6-2)26-24(21)35(32,33)30-18-16-28(17-19-30)22-12-10-11-13-23(22)34-8-4/h10-13,20H,5-9,14-19H2,1-4H3. The van der Waals surface area contributed by atoms with Gasteiger partial charge in [0.05, 0.1) is 17.9 Å². The number of carbonyl (C=O) groups excluding carboxylic acids is 1. The minimum Gasteiger partial charge on any atom is -0.492 e. The number of carbonyl (C=O) groups is 1. The van der Waals surface area contributed by atoms with Gasteiger partial charge in [-0.3, -0.25) is 9.48 Å². The number of anilines is 1. The summed E-state index contributed by atoms with van der Waals surface area (Å²) in [6, 6.07) is 7.81. The van der Waals surface area contributed by atoms with Gasteiger partial charge in [-0.25, -0.2) is 8.42 Å². The van der Waals surface area contributed by atoms with E-state index < -0.39 is 10.0 Å². The lowest BCUT2D eigenvalue weighted by Crippen LogP contribution is -2.49. The smallest absolute Gasteiger partial charge is 0.263 e. The van der Waals surface area contributed by atoms with Gasteiger partial charge in [-0.1, -0.05) is 32.4 Å². The second-order valence-electron chi connectivity index (χ2n) is 8.64. The second-order valence-corrected chi connectivity index (χ2v) is 10.5. The van der Waals surface area contributed by atoms with E-state index in [0.717, 1.165) is 30.7 Å². The van der Waals surface area contributed by atoms with Crippen molar-refractivity contribution in [1.82, 2.24) is 19.0 Å². The molecule has 0 atom stereocenters. The minimum atomic E-state index is -3.93. The van der Waals surface area contributed by atoms with Crippen LogP contribution in [-0.4, -0.2) is 79.2 Å². The Labute approximate surface area is 209 Å². The molecule has 0 unspecified atom stereocenters. The molecule has 1 aliphatic rings. The molecule has 2 aromatic rings. The Kier molecular flexibility index (Phi) is 9.56. The van der Waals surface area contributed by atoms with Gasteiger partial charge in [0.25, 0.3) is 15.9 Å². The average molecular weight is 506 g/mol. The van der Waals surface area contributed by atoms with Crippen molar-refractivity contribution in [2.24, 2.45) is 0 Å². The van der Waals surface area contributed by atoms with Gasteiger partial charge in [0.2, 0.25) is 5.03 Å².